The van der Waals surface area contributed by atoms with Gasteiger partial charge in [-0.05, 0) is 31.0 Å². The van der Waals surface area contributed by atoms with Crippen LogP contribution in [-0.2, 0) is 25.3 Å². The summed E-state index contributed by atoms with van der Waals surface area (Å²) in [7, 11) is 0. The van der Waals surface area contributed by atoms with Gasteiger partial charge in [-0.2, -0.15) is 13.2 Å². The van der Waals surface area contributed by atoms with Gasteiger partial charge in [-0.3, -0.25) is 14.4 Å². The molecule has 0 heterocycles. The molecular formula is C18H20ClF3N2O4. The summed E-state index contributed by atoms with van der Waals surface area (Å²) >= 11 is 5.77. The molecule has 6 nitrogen and oxygen atoms in total. The Bertz CT molecular complexity index is 734. The smallest absolute Gasteiger partial charge is 0.416 e. The number of alkyl halides is 3. The molecule has 10 heteroatoms. The van der Waals surface area contributed by atoms with Crippen LogP contribution in [0.15, 0.2) is 18.2 Å². The van der Waals surface area contributed by atoms with Crippen LogP contribution in [0.4, 0.5) is 18.9 Å². The van der Waals surface area contributed by atoms with Crippen molar-refractivity contribution in [3.8, 4) is 0 Å². The Morgan fingerprint density at radius 1 is 1.14 bits per heavy atom. The Morgan fingerprint density at radius 2 is 1.82 bits per heavy atom. The van der Waals surface area contributed by atoms with Gasteiger partial charge in [0.15, 0.2) is 6.61 Å². The monoisotopic (exact) mass is 420 g/mol. The normalized spacial score (nSPS) is 15.0. The molecule has 0 saturated heterocycles. The zero-order valence-electron chi connectivity index (χ0n) is 14.9. The van der Waals surface area contributed by atoms with E-state index < -0.39 is 30.2 Å². The molecule has 0 unspecified atom stereocenters. The van der Waals surface area contributed by atoms with Gasteiger partial charge in [-0.25, -0.2) is 0 Å². The van der Waals surface area contributed by atoms with Crippen LogP contribution in [0.25, 0.3) is 0 Å². The Kier molecular flexibility index (Phi) is 7.68. The zero-order valence-corrected chi connectivity index (χ0v) is 15.7. The molecule has 154 valence electrons. The van der Waals surface area contributed by atoms with Crippen molar-refractivity contribution in [1.82, 2.24) is 5.32 Å². The first-order valence-electron chi connectivity index (χ1n) is 8.76. The van der Waals surface area contributed by atoms with E-state index in [1.165, 1.54) is 0 Å². The van der Waals surface area contributed by atoms with Gasteiger partial charge in [0.2, 0.25) is 5.91 Å². The van der Waals surface area contributed by atoms with E-state index in [-0.39, 0.29) is 29.1 Å². The number of nitrogens with one attached hydrogen (secondary N) is 2. The first-order chi connectivity index (χ1) is 13.2. The van der Waals surface area contributed by atoms with Crippen LogP contribution >= 0.6 is 11.6 Å². The summed E-state index contributed by atoms with van der Waals surface area (Å²) in [5, 5.41) is 4.54. The van der Waals surface area contributed by atoms with Crippen molar-refractivity contribution in [2.45, 2.75) is 38.3 Å². The number of ether oxygens (including phenoxy) is 1. The van der Waals surface area contributed by atoms with E-state index in [1.54, 1.807) is 0 Å². The number of benzene rings is 1. The van der Waals surface area contributed by atoms with Gasteiger partial charge in [0.25, 0.3) is 5.91 Å². The Morgan fingerprint density at radius 3 is 2.46 bits per heavy atom. The van der Waals surface area contributed by atoms with E-state index >= 15 is 0 Å². The second-order valence-electron chi connectivity index (χ2n) is 6.45. The molecular weight excluding hydrogens is 401 g/mol. The summed E-state index contributed by atoms with van der Waals surface area (Å²) < 4.78 is 42.9. The zero-order chi connectivity index (χ0) is 20.7. The molecule has 1 saturated carbocycles. The maximum Gasteiger partial charge on any atom is 0.416 e. The largest absolute Gasteiger partial charge is 0.454 e. The predicted octanol–water partition coefficient (Wildman–Crippen LogP) is 3.54. The number of rotatable bonds is 6. The minimum absolute atomic E-state index is 0.0904. The molecule has 0 spiro atoms. The van der Waals surface area contributed by atoms with Gasteiger partial charge < -0.3 is 15.4 Å². The number of hydrogen-bond acceptors (Lipinski definition) is 4. The highest BCUT2D eigenvalue weighted by Gasteiger charge is 2.31. The van der Waals surface area contributed by atoms with Gasteiger partial charge in [0.05, 0.1) is 16.3 Å². The van der Waals surface area contributed by atoms with Gasteiger partial charge in [-0.1, -0.05) is 30.9 Å². The summed E-state index contributed by atoms with van der Waals surface area (Å²) in [6, 6.07) is 2.48. The van der Waals surface area contributed by atoms with Crippen LogP contribution < -0.4 is 10.6 Å². The van der Waals surface area contributed by atoms with Gasteiger partial charge in [-0.15, -0.1) is 0 Å². The Labute approximate surface area is 164 Å². The third-order valence-electron chi connectivity index (χ3n) is 4.31. The molecule has 1 fully saturated rings. The van der Waals surface area contributed by atoms with Crippen molar-refractivity contribution in [2.75, 3.05) is 18.5 Å². The lowest BCUT2D eigenvalue weighted by molar-refractivity contribution is -0.147. The maximum atomic E-state index is 12.7. The van der Waals surface area contributed by atoms with Gasteiger partial charge in [0.1, 0.15) is 6.54 Å². The molecule has 2 rings (SSSR count). The SMILES string of the molecule is O=C(COC(=O)CNC(=O)C1CCCCC1)Nc1cc(C(F)(F)F)ccc1Cl. The fraction of sp³-hybridized carbons (Fsp3) is 0.500. The molecule has 2 amide bonds. The Hall–Kier alpha value is -2.29. The van der Waals surface area contributed by atoms with Crippen LogP contribution in [0, 0.1) is 5.92 Å². The van der Waals surface area contributed by atoms with Crippen molar-refractivity contribution in [3.63, 3.8) is 0 Å². The van der Waals surface area contributed by atoms with Crippen LogP contribution in [0.1, 0.15) is 37.7 Å². The highest BCUT2D eigenvalue weighted by molar-refractivity contribution is 6.33. The highest BCUT2D eigenvalue weighted by atomic mass is 35.5. The van der Waals surface area contributed by atoms with E-state index in [2.05, 4.69) is 10.6 Å². The fourth-order valence-electron chi connectivity index (χ4n) is 2.85. The molecule has 1 aromatic rings. The first-order valence-corrected chi connectivity index (χ1v) is 9.14. The third kappa shape index (κ3) is 6.70. The van der Waals surface area contributed by atoms with Crippen molar-refractivity contribution < 1.29 is 32.3 Å². The average molecular weight is 421 g/mol. The molecule has 28 heavy (non-hydrogen) atoms. The molecule has 1 aliphatic carbocycles. The minimum Gasteiger partial charge on any atom is -0.454 e. The molecule has 1 aliphatic rings. The number of anilines is 1. The molecule has 0 atom stereocenters. The lowest BCUT2D eigenvalue weighted by Gasteiger charge is -2.20. The van der Waals surface area contributed by atoms with Crippen molar-refractivity contribution in [3.05, 3.63) is 28.8 Å². The van der Waals surface area contributed by atoms with E-state index in [9.17, 15) is 27.6 Å². The molecule has 0 aliphatic heterocycles. The fourth-order valence-corrected chi connectivity index (χ4v) is 3.01. The minimum atomic E-state index is -4.59. The lowest BCUT2D eigenvalue weighted by Crippen LogP contribution is -2.36. The molecule has 1 aromatic carbocycles. The van der Waals surface area contributed by atoms with Gasteiger partial charge in [0, 0.05) is 5.92 Å². The second kappa shape index (κ2) is 9.77. The number of carbonyl (C=O) groups excluding carboxylic acids is 3. The number of halogens is 4. The van der Waals surface area contributed by atoms with Gasteiger partial charge >= 0.3 is 12.1 Å². The molecule has 0 bridgehead atoms. The van der Waals surface area contributed by atoms with Crippen LogP contribution in [-0.4, -0.2) is 30.9 Å². The first kappa shape index (κ1) is 22.0. The lowest BCUT2D eigenvalue weighted by atomic mass is 9.89. The summed E-state index contributed by atoms with van der Waals surface area (Å²) in [5.41, 5.74) is -1.22. The highest BCUT2D eigenvalue weighted by Crippen LogP contribution is 2.33. The van der Waals surface area contributed by atoms with Crippen molar-refractivity contribution in [2.24, 2.45) is 5.92 Å². The standard InChI is InChI=1S/C18H20ClF3N2O4/c19-13-7-6-12(18(20,21)22)8-14(13)24-15(25)10-28-16(26)9-23-17(27)11-4-2-1-3-5-11/h6-8,11H,1-5,9-10H2,(H,23,27)(H,24,25). The number of esters is 1. The summed E-state index contributed by atoms with van der Waals surface area (Å²) in [6.07, 6.45) is 0.00752. The predicted molar refractivity (Wildman–Crippen MR) is 95.6 cm³/mol. The van der Waals surface area contributed by atoms with E-state index in [0.29, 0.717) is 6.07 Å². The number of hydrogen-bond donors (Lipinski definition) is 2. The quantitative estimate of drug-likeness (QED) is 0.689. The van der Waals surface area contributed by atoms with Crippen molar-refractivity contribution >= 4 is 35.1 Å². The van der Waals surface area contributed by atoms with Crippen LogP contribution in [0.5, 0.6) is 0 Å². The van der Waals surface area contributed by atoms with Crippen LogP contribution in [0.2, 0.25) is 5.02 Å². The third-order valence-corrected chi connectivity index (χ3v) is 4.64. The van der Waals surface area contributed by atoms with E-state index in [1.807, 2.05) is 0 Å². The topological polar surface area (TPSA) is 84.5 Å². The van der Waals surface area contributed by atoms with E-state index in [0.717, 1.165) is 44.2 Å². The number of amides is 2. The molecule has 2 N–H and O–H groups in total. The summed E-state index contributed by atoms with van der Waals surface area (Å²) in [5.74, 6) is -2.02. The molecule has 0 radical (unpaired) electrons. The summed E-state index contributed by atoms with van der Waals surface area (Å²) in [6.45, 7) is -1.10. The summed E-state index contributed by atoms with van der Waals surface area (Å²) in [4.78, 5) is 35.4. The number of carbonyl (C=O) groups is 3. The van der Waals surface area contributed by atoms with E-state index in [4.69, 9.17) is 16.3 Å². The second-order valence-corrected chi connectivity index (χ2v) is 6.86. The average Bonchev–Trinajstić information content (AvgIpc) is 2.66. The maximum absolute atomic E-state index is 12.7. The Balaban J connectivity index is 1.77. The molecule has 0 aromatic heterocycles. The van der Waals surface area contributed by atoms with Crippen molar-refractivity contribution in [1.29, 1.82) is 0 Å². The van der Waals surface area contributed by atoms with Crippen LogP contribution in [0.3, 0.4) is 0 Å².